The molecule has 0 aliphatic carbocycles. The van der Waals surface area contributed by atoms with Crippen molar-refractivity contribution in [3.05, 3.63) is 48.3 Å². The first-order valence-electron chi connectivity index (χ1n) is 7.21. The van der Waals surface area contributed by atoms with Gasteiger partial charge >= 0.3 is 0 Å². The van der Waals surface area contributed by atoms with E-state index in [-0.39, 0.29) is 5.82 Å². The predicted octanol–water partition coefficient (Wildman–Crippen LogP) is 2.00. The van der Waals surface area contributed by atoms with Crippen molar-refractivity contribution in [1.29, 1.82) is 0 Å². The van der Waals surface area contributed by atoms with Crippen molar-refractivity contribution in [3.63, 3.8) is 0 Å². The number of halogens is 1. The van der Waals surface area contributed by atoms with Crippen molar-refractivity contribution in [2.45, 2.75) is 13.5 Å². The molecule has 0 spiro atoms. The summed E-state index contributed by atoms with van der Waals surface area (Å²) in [6.07, 6.45) is 1.80. The van der Waals surface area contributed by atoms with Crippen molar-refractivity contribution < 1.29 is 4.39 Å². The average molecular weight is 292 g/mol. The number of nitrogens with zero attached hydrogens (tertiary/aromatic N) is 2. The van der Waals surface area contributed by atoms with Gasteiger partial charge in [0.25, 0.3) is 0 Å². The van der Waals surface area contributed by atoms with Crippen LogP contribution in [-0.4, -0.2) is 44.1 Å². The molecule has 4 nitrogen and oxygen atoms in total. The van der Waals surface area contributed by atoms with Gasteiger partial charge in [-0.3, -0.25) is 4.99 Å². The molecule has 0 heterocycles. The van der Waals surface area contributed by atoms with Gasteiger partial charge in [-0.25, -0.2) is 4.39 Å². The molecule has 0 amide bonds. The van der Waals surface area contributed by atoms with Crippen LogP contribution in [0, 0.1) is 5.82 Å². The Morgan fingerprint density at radius 3 is 2.67 bits per heavy atom. The molecule has 5 heteroatoms. The fraction of sp³-hybridized carbons (Fsp3) is 0.438. The Morgan fingerprint density at radius 1 is 1.33 bits per heavy atom. The molecule has 0 fully saturated rings. The molecule has 0 atom stereocenters. The van der Waals surface area contributed by atoms with E-state index < -0.39 is 0 Å². The largest absolute Gasteiger partial charge is 0.357 e. The molecule has 21 heavy (non-hydrogen) atoms. The van der Waals surface area contributed by atoms with Crippen LogP contribution < -0.4 is 10.6 Å². The Morgan fingerprint density at radius 2 is 2.05 bits per heavy atom. The second-order valence-corrected chi connectivity index (χ2v) is 4.79. The highest BCUT2D eigenvalue weighted by molar-refractivity contribution is 5.79. The number of benzene rings is 1. The molecular formula is C16H25FN4. The van der Waals surface area contributed by atoms with Crippen molar-refractivity contribution in [2.24, 2.45) is 4.99 Å². The van der Waals surface area contributed by atoms with E-state index in [1.165, 1.54) is 12.1 Å². The van der Waals surface area contributed by atoms with Crippen LogP contribution in [0.1, 0.15) is 12.5 Å². The fourth-order valence-corrected chi connectivity index (χ4v) is 1.82. The lowest BCUT2D eigenvalue weighted by Gasteiger charge is -2.16. The number of nitrogens with one attached hydrogen (secondary N) is 2. The zero-order chi connectivity index (χ0) is 15.5. The van der Waals surface area contributed by atoms with Crippen LogP contribution in [0.3, 0.4) is 0 Å². The summed E-state index contributed by atoms with van der Waals surface area (Å²) in [6, 6.07) is 6.60. The summed E-state index contributed by atoms with van der Waals surface area (Å²) in [7, 11) is 2.03. The molecular weight excluding hydrogens is 267 g/mol. The Balaban J connectivity index is 2.37. The van der Waals surface area contributed by atoms with Crippen LogP contribution in [0.25, 0.3) is 0 Å². The molecule has 0 radical (unpaired) electrons. The average Bonchev–Trinajstić information content (AvgIpc) is 2.47. The van der Waals surface area contributed by atoms with Crippen LogP contribution in [0.5, 0.6) is 0 Å². The Bertz CT molecular complexity index is 442. The first kappa shape index (κ1) is 17.2. The predicted molar refractivity (Wildman–Crippen MR) is 86.9 cm³/mol. The van der Waals surface area contributed by atoms with Gasteiger partial charge in [0.2, 0.25) is 0 Å². The first-order chi connectivity index (χ1) is 10.2. The summed E-state index contributed by atoms with van der Waals surface area (Å²) in [4.78, 5) is 6.65. The van der Waals surface area contributed by atoms with Gasteiger partial charge in [-0.2, -0.15) is 0 Å². The molecule has 1 aromatic carbocycles. The smallest absolute Gasteiger partial charge is 0.191 e. The quantitative estimate of drug-likeness (QED) is 0.437. The second-order valence-electron chi connectivity index (χ2n) is 4.79. The van der Waals surface area contributed by atoms with E-state index in [4.69, 9.17) is 0 Å². The van der Waals surface area contributed by atoms with Crippen LogP contribution in [0.4, 0.5) is 4.39 Å². The fourth-order valence-electron chi connectivity index (χ4n) is 1.82. The third-order valence-electron chi connectivity index (χ3n) is 2.88. The minimum atomic E-state index is -0.199. The third kappa shape index (κ3) is 7.46. The van der Waals surface area contributed by atoms with E-state index in [9.17, 15) is 4.39 Å². The number of hydrogen-bond acceptors (Lipinski definition) is 2. The lowest BCUT2D eigenvalue weighted by atomic mass is 10.2. The molecule has 1 aromatic rings. The van der Waals surface area contributed by atoms with Crippen molar-refractivity contribution in [1.82, 2.24) is 15.5 Å². The number of aliphatic imine (C=N–C) groups is 1. The molecule has 1 rings (SSSR count). The summed E-state index contributed by atoms with van der Waals surface area (Å²) in [5.41, 5.74) is 1.10. The van der Waals surface area contributed by atoms with Crippen molar-refractivity contribution >= 4 is 5.96 Å². The first-order valence-corrected chi connectivity index (χ1v) is 7.21. The minimum Gasteiger partial charge on any atom is -0.357 e. The van der Waals surface area contributed by atoms with E-state index in [0.717, 1.165) is 31.2 Å². The SMILES string of the molecule is C=CCNC(=NCCN(C)Cc1ccc(F)cc1)NCC. The number of guanidine groups is 1. The summed E-state index contributed by atoms with van der Waals surface area (Å²) in [6.45, 7) is 9.55. The van der Waals surface area contributed by atoms with Crippen molar-refractivity contribution in [3.8, 4) is 0 Å². The van der Waals surface area contributed by atoms with Gasteiger partial charge in [0.15, 0.2) is 5.96 Å². The highest BCUT2D eigenvalue weighted by Crippen LogP contribution is 2.05. The Labute approximate surface area is 126 Å². The lowest BCUT2D eigenvalue weighted by Crippen LogP contribution is -2.37. The van der Waals surface area contributed by atoms with Crippen LogP contribution in [0.15, 0.2) is 41.9 Å². The molecule has 0 unspecified atom stereocenters. The van der Waals surface area contributed by atoms with Crippen molar-refractivity contribution in [2.75, 3.05) is 33.2 Å². The number of likely N-dealkylation sites (N-methyl/N-ethyl adjacent to an activating group) is 1. The summed E-state index contributed by atoms with van der Waals surface area (Å²) in [5, 5.41) is 6.34. The maximum absolute atomic E-state index is 12.8. The standard InChI is InChI=1S/C16H25FN4/c1-4-10-19-16(18-5-2)20-11-12-21(3)13-14-6-8-15(17)9-7-14/h4,6-9H,1,5,10-13H2,2-3H3,(H2,18,19,20). The van der Waals surface area contributed by atoms with E-state index in [1.807, 2.05) is 26.1 Å². The number of rotatable bonds is 8. The van der Waals surface area contributed by atoms with E-state index >= 15 is 0 Å². The third-order valence-corrected chi connectivity index (χ3v) is 2.88. The van der Waals surface area contributed by atoms with Crippen LogP contribution >= 0.6 is 0 Å². The highest BCUT2D eigenvalue weighted by Gasteiger charge is 2.01. The normalized spacial score (nSPS) is 11.5. The summed E-state index contributed by atoms with van der Waals surface area (Å²) in [5.74, 6) is 0.599. The van der Waals surface area contributed by atoms with Gasteiger partial charge in [-0.1, -0.05) is 18.2 Å². The molecule has 0 saturated heterocycles. The molecule has 2 N–H and O–H groups in total. The minimum absolute atomic E-state index is 0.199. The maximum atomic E-state index is 12.8. The van der Waals surface area contributed by atoms with Gasteiger partial charge in [-0.05, 0) is 31.7 Å². The Kier molecular flexibility index (Phi) is 8.12. The molecule has 0 saturated carbocycles. The molecule has 0 bridgehead atoms. The van der Waals surface area contributed by atoms with Gasteiger partial charge in [0.05, 0.1) is 6.54 Å². The van der Waals surface area contributed by atoms with Crippen LogP contribution in [0.2, 0.25) is 0 Å². The molecule has 116 valence electrons. The number of hydrogen-bond donors (Lipinski definition) is 2. The van der Waals surface area contributed by atoms with Gasteiger partial charge in [0.1, 0.15) is 5.82 Å². The van der Waals surface area contributed by atoms with Gasteiger partial charge in [0, 0.05) is 26.2 Å². The monoisotopic (exact) mass is 292 g/mol. The lowest BCUT2D eigenvalue weighted by molar-refractivity contribution is 0.336. The summed E-state index contributed by atoms with van der Waals surface area (Å²) < 4.78 is 12.8. The molecule has 0 aliphatic rings. The maximum Gasteiger partial charge on any atom is 0.191 e. The topological polar surface area (TPSA) is 39.7 Å². The van der Waals surface area contributed by atoms with E-state index in [2.05, 4.69) is 27.1 Å². The summed E-state index contributed by atoms with van der Waals surface area (Å²) >= 11 is 0. The zero-order valence-electron chi connectivity index (χ0n) is 12.9. The second kappa shape index (κ2) is 9.94. The van der Waals surface area contributed by atoms with Gasteiger partial charge in [-0.15, -0.1) is 6.58 Å². The highest BCUT2D eigenvalue weighted by atomic mass is 19.1. The van der Waals surface area contributed by atoms with Gasteiger partial charge < -0.3 is 15.5 Å². The van der Waals surface area contributed by atoms with E-state index in [0.29, 0.717) is 13.1 Å². The molecule has 0 aromatic heterocycles. The van der Waals surface area contributed by atoms with Crippen LogP contribution in [-0.2, 0) is 6.54 Å². The zero-order valence-corrected chi connectivity index (χ0v) is 12.9. The Hall–Kier alpha value is -1.88. The van der Waals surface area contributed by atoms with E-state index in [1.54, 1.807) is 6.08 Å². The molecule has 0 aliphatic heterocycles.